The molecule has 0 N–H and O–H groups in total. The minimum atomic E-state index is 0.429. The summed E-state index contributed by atoms with van der Waals surface area (Å²) >= 11 is 3.52. The zero-order valence-corrected chi connectivity index (χ0v) is 10.6. The van der Waals surface area contributed by atoms with Crippen molar-refractivity contribution >= 4 is 21.8 Å². The molecule has 3 fully saturated rings. The van der Waals surface area contributed by atoms with E-state index in [0.717, 1.165) is 23.7 Å². The number of hydrogen-bond donors (Lipinski definition) is 0. The number of carbonyl (C=O) groups excluding carboxylic acids is 1. The maximum Gasteiger partial charge on any atom is 0.226 e. The molecule has 0 aromatic heterocycles. The highest BCUT2D eigenvalue weighted by Gasteiger charge is 2.58. The monoisotopic (exact) mass is 271 g/mol. The molecule has 2 unspecified atom stereocenters. The van der Waals surface area contributed by atoms with Gasteiger partial charge in [0.2, 0.25) is 5.91 Å². The molecule has 3 atom stereocenters. The summed E-state index contributed by atoms with van der Waals surface area (Å²) < 4.78 is 0. The molecule has 0 radical (unpaired) electrons. The molecule has 3 heteroatoms. The fourth-order valence-corrected chi connectivity index (χ4v) is 4.34. The SMILES string of the molecule is O=C(C1C2CCCC21)N1CCC[C@@H]1CBr. The third-order valence-corrected chi connectivity index (χ3v) is 5.28. The molecule has 15 heavy (non-hydrogen) atoms. The van der Waals surface area contributed by atoms with Crippen molar-refractivity contribution in [3.8, 4) is 0 Å². The van der Waals surface area contributed by atoms with Crippen molar-refractivity contribution in [3.63, 3.8) is 0 Å². The standard InChI is InChI=1S/C12H18BrNO/c13-7-8-3-2-6-14(8)12(15)11-9-4-1-5-10(9)11/h8-11H,1-7H2/t8-,9?,10?,11?/m1/s1. The Kier molecular flexibility index (Phi) is 2.54. The number of rotatable bonds is 2. The van der Waals surface area contributed by atoms with Crippen LogP contribution in [0.3, 0.4) is 0 Å². The fraction of sp³-hybridized carbons (Fsp3) is 0.917. The Morgan fingerprint density at radius 2 is 1.93 bits per heavy atom. The van der Waals surface area contributed by atoms with Crippen LogP contribution in [0.2, 0.25) is 0 Å². The first-order valence-corrected chi connectivity index (χ1v) is 7.31. The summed E-state index contributed by atoms with van der Waals surface area (Å²) in [7, 11) is 0. The highest BCUT2D eigenvalue weighted by molar-refractivity contribution is 9.09. The van der Waals surface area contributed by atoms with E-state index in [9.17, 15) is 4.79 Å². The first kappa shape index (κ1) is 10.1. The zero-order chi connectivity index (χ0) is 10.4. The fourth-order valence-electron chi connectivity index (χ4n) is 3.67. The number of hydrogen-bond acceptors (Lipinski definition) is 1. The summed E-state index contributed by atoms with van der Waals surface area (Å²) in [6.45, 7) is 1.00. The number of fused-ring (bicyclic) bond motifs is 1. The zero-order valence-electron chi connectivity index (χ0n) is 8.99. The van der Waals surface area contributed by atoms with E-state index in [1.165, 1.54) is 32.1 Å². The molecular formula is C12H18BrNO. The summed E-state index contributed by atoms with van der Waals surface area (Å²) in [4.78, 5) is 14.4. The van der Waals surface area contributed by atoms with E-state index in [4.69, 9.17) is 0 Å². The van der Waals surface area contributed by atoms with Gasteiger partial charge in [0, 0.05) is 23.8 Å². The molecule has 3 rings (SSSR count). The van der Waals surface area contributed by atoms with Crippen molar-refractivity contribution in [1.82, 2.24) is 4.90 Å². The Bertz CT molecular complexity index is 271. The topological polar surface area (TPSA) is 20.3 Å². The van der Waals surface area contributed by atoms with Crippen molar-refractivity contribution in [2.75, 3.05) is 11.9 Å². The summed E-state index contributed by atoms with van der Waals surface area (Å²) in [6, 6.07) is 0.485. The van der Waals surface area contributed by atoms with Crippen LogP contribution in [0.25, 0.3) is 0 Å². The first-order valence-electron chi connectivity index (χ1n) is 6.19. The smallest absolute Gasteiger partial charge is 0.226 e. The number of nitrogens with zero attached hydrogens (tertiary/aromatic N) is 1. The van der Waals surface area contributed by atoms with E-state index in [1.807, 2.05) is 0 Å². The second kappa shape index (κ2) is 3.76. The van der Waals surface area contributed by atoms with Crippen LogP contribution in [-0.4, -0.2) is 28.7 Å². The van der Waals surface area contributed by atoms with Gasteiger partial charge in [-0.05, 0) is 37.5 Å². The first-order chi connectivity index (χ1) is 7.33. The maximum atomic E-state index is 12.3. The molecule has 0 aromatic rings. The van der Waals surface area contributed by atoms with Gasteiger partial charge >= 0.3 is 0 Å². The third-order valence-electron chi connectivity index (χ3n) is 4.53. The molecule has 84 valence electrons. The van der Waals surface area contributed by atoms with Gasteiger partial charge in [0.15, 0.2) is 0 Å². The molecule has 3 aliphatic rings. The summed E-state index contributed by atoms with van der Waals surface area (Å²) in [5.41, 5.74) is 0. The largest absolute Gasteiger partial charge is 0.339 e. The van der Waals surface area contributed by atoms with Crippen LogP contribution < -0.4 is 0 Å². The molecule has 1 saturated heterocycles. The van der Waals surface area contributed by atoms with E-state index in [0.29, 0.717) is 17.9 Å². The minimum Gasteiger partial charge on any atom is -0.339 e. The normalized spacial score (nSPS) is 43.1. The van der Waals surface area contributed by atoms with Crippen LogP contribution in [0, 0.1) is 17.8 Å². The maximum absolute atomic E-state index is 12.3. The Balaban J connectivity index is 1.65. The van der Waals surface area contributed by atoms with Crippen LogP contribution in [-0.2, 0) is 4.79 Å². The lowest BCUT2D eigenvalue weighted by Gasteiger charge is -2.23. The van der Waals surface area contributed by atoms with Gasteiger partial charge in [0.05, 0.1) is 0 Å². The van der Waals surface area contributed by atoms with Crippen LogP contribution >= 0.6 is 15.9 Å². The highest BCUT2D eigenvalue weighted by atomic mass is 79.9. The average molecular weight is 272 g/mol. The van der Waals surface area contributed by atoms with Gasteiger partial charge < -0.3 is 4.90 Å². The Hall–Kier alpha value is -0.0500. The van der Waals surface area contributed by atoms with Crippen LogP contribution in [0.1, 0.15) is 32.1 Å². The van der Waals surface area contributed by atoms with Gasteiger partial charge in [0.1, 0.15) is 0 Å². The van der Waals surface area contributed by atoms with Gasteiger partial charge in [0.25, 0.3) is 0 Å². The number of alkyl halides is 1. The Morgan fingerprint density at radius 3 is 2.60 bits per heavy atom. The van der Waals surface area contributed by atoms with E-state index < -0.39 is 0 Å². The molecule has 2 nitrogen and oxygen atoms in total. The van der Waals surface area contributed by atoms with E-state index >= 15 is 0 Å². The summed E-state index contributed by atoms with van der Waals surface area (Å²) in [5.74, 6) is 2.45. The predicted octanol–water partition coefficient (Wildman–Crippen LogP) is 2.42. The van der Waals surface area contributed by atoms with Gasteiger partial charge in [-0.1, -0.05) is 22.4 Å². The average Bonchev–Trinajstić information content (AvgIpc) is 2.72. The van der Waals surface area contributed by atoms with Crippen LogP contribution in [0.15, 0.2) is 0 Å². The number of amides is 1. The second-order valence-electron chi connectivity index (χ2n) is 5.27. The van der Waals surface area contributed by atoms with Crippen molar-refractivity contribution in [1.29, 1.82) is 0 Å². The number of carbonyl (C=O) groups is 1. The van der Waals surface area contributed by atoms with Gasteiger partial charge in [-0.15, -0.1) is 0 Å². The van der Waals surface area contributed by atoms with Crippen molar-refractivity contribution in [3.05, 3.63) is 0 Å². The van der Waals surface area contributed by atoms with E-state index in [2.05, 4.69) is 20.8 Å². The van der Waals surface area contributed by atoms with Crippen LogP contribution in [0.4, 0.5) is 0 Å². The lowest BCUT2D eigenvalue weighted by Crippen LogP contribution is -2.38. The molecule has 1 aliphatic heterocycles. The van der Waals surface area contributed by atoms with Gasteiger partial charge in [-0.2, -0.15) is 0 Å². The summed E-state index contributed by atoms with van der Waals surface area (Å²) in [6.07, 6.45) is 6.38. The molecule has 2 saturated carbocycles. The number of likely N-dealkylation sites (tertiary alicyclic amines) is 1. The number of halogens is 1. The predicted molar refractivity (Wildman–Crippen MR) is 62.9 cm³/mol. The molecule has 1 amide bonds. The molecule has 1 heterocycles. The highest BCUT2D eigenvalue weighted by Crippen LogP contribution is 2.58. The summed E-state index contributed by atoms with van der Waals surface area (Å²) in [5, 5.41) is 0.959. The van der Waals surface area contributed by atoms with Crippen molar-refractivity contribution < 1.29 is 4.79 Å². The van der Waals surface area contributed by atoms with E-state index in [-0.39, 0.29) is 0 Å². The Labute approximate surface area is 99.5 Å². The minimum absolute atomic E-state index is 0.429. The van der Waals surface area contributed by atoms with Gasteiger partial charge in [-0.25, -0.2) is 0 Å². The Morgan fingerprint density at radius 1 is 1.20 bits per heavy atom. The lowest BCUT2D eigenvalue weighted by molar-refractivity contribution is -0.133. The third kappa shape index (κ3) is 1.54. The molecule has 0 aromatic carbocycles. The lowest BCUT2D eigenvalue weighted by atomic mass is 10.1. The van der Waals surface area contributed by atoms with E-state index in [1.54, 1.807) is 0 Å². The molecule has 0 spiro atoms. The second-order valence-corrected chi connectivity index (χ2v) is 5.91. The van der Waals surface area contributed by atoms with Gasteiger partial charge in [-0.3, -0.25) is 4.79 Å². The van der Waals surface area contributed by atoms with Crippen molar-refractivity contribution in [2.24, 2.45) is 17.8 Å². The van der Waals surface area contributed by atoms with Crippen molar-refractivity contribution in [2.45, 2.75) is 38.1 Å². The quantitative estimate of drug-likeness (QED) is 0.707. The van der Waals surface area contributed by atoms with Crippen LogP contribution in [0.5, 0.6) is 0 Å². The molecule has 0 bridgehead atoms. The molecular weight excluding hydrogens is 254 g/mol. The molecule has 2 aliphatic carbocycles.